The van der Waals surface area contributed by atoms with Crippen molar-refractivity contribution in [2.24, 2.45) is 0 Å². The van der Waals surface area contributed by atoms with Gasteiger partial charge in [-0.3, -0.25) is 14.2 Å². The number of rotatable bonds is 4. The van der Waals surface area contributed by atoms with Gasteiger partial charge in [-0.15, -0.1) is 0 Å². The van der Waals surface area contributed by atoms with Gasteiger partial charge in [0.2, 0.25) is 5.91 Å². The lowest BCUT2D eigenvalue weighted by atomic mass is 10.2. The van der Waals surface area contributed by atoms with E-state index in [9.17, 15) is 18.0 Å². The van der Waals surface area contributed by atoms with Gasteiger partial charge in [0.25, 0.3) is 5.56 Å². The molecule has 1 heterocycles. The molecule has 134 valence electrons. The molecule has 0 saturated heterocycles. The van der Waals surface area contributed by atoms with E-state index in [1.807, 2.05) is 0 Å². The van der Waals surface area contributed by atoms with Gasteiger partial charge < -0.3 is 5.32 Å². The molecule has 0 radical (unpaired) electrons. The molecule has 1 amide bonds. The summed E-state index contributed by atoms with van der Waals surface area (Å²) in [5, 5.41) is 2.98. The Hall–Kier alpha value is -3.00. The molecule has 2 aromatic carbocycles. The quantitative estimate of drug-likeness (QED) is 0.753. The molecule has 7 nitrogen and oxygen atoms in total. The summed E-state index contributed by atoms with van der Waals surface area (Å²) in [6.07, 6.45) is 1.07. The van der Waals surface area contributed by atoms with Gasteiger partial charge in [-0.2, -0.15) is 0 Å². The summed E-state index contributed by atoms with van der Waals surface area (Å²) < 4.78 is 24.9. The van der Waals surface area contributed by atoms with E-state index in [2.05, 4.69) is 10.3 Å². The van der Waals surface area contributed by atoms with Crippen molar-refractivity contribution in [3.8, 4) is 0 Å². The molecule has 0 saturated carbocycles. The van der Waals surface area contributed by atoms with E-state index < -0.39 is 15.7 Å². The van der Waals surface area contributed by atoms with Crippen LogP contribution >= 0.6 is 0 Å². The fourth-order valence-electron chi connectivity index (χ4n) is 2.69. The topological polar surface area (TPSA) is 98.1 Å². The number of nitrogens with zero attached hydrogens (tertiary/aromatic N) is 2. The molecule has 0 unspecified atom stereocenters. The van der Waals surface area contributed by atoms with Crippen LogP contribution in [0.3, 0.4) is 0 Å². The number of carbonyl (C=O) groups is 1. The molecule has 0 aliphatic rings. The average Bonchev–Trinajstić information content (AvgIpc) is 2.58. The molecular weight excluding hydrogens is 354 g/mol. The molecule has 1 N–H and O–H groups in total. The van der Waals surface area contributed by atoms with Gasteiger partial charge in [-0.25, -0.2) is 13.4 Å². The first-order valence-electron chi connectivity index (χ1n) is 7.82. The molecule has 0 bridgehead atoms. The number of sulfone groups is 1. The van der Waals surface area contributed by atoms with Gasteiger partial charge in [-0.05, 0) is 31.2 Å². The van der Waals surface area contributed by atoms with Crippen molar-refractivity contribution < 1.29 is 13.2 Å². The highest BCUT2D eigenvalue weighted by molar-refractivity contribution is 7.90. The first-order chi connectivity index (χ1) is 12.3. The zero-order valence-corrected chi connectivity index (χ0v) is 15.1. The zero-order valence-electron chi connectivity index (χ0n) is 14.3. The predicted molar refractivity (Wildman–Crippen MR) is 98.9 cm³/mol. The smallest absolute Gasteiger partial charge is 0.261 e. The third-order valence-corrected chi connectivity index (χ3v) is 5.07. The summed E-state index contributed by atoms with van der Waals surface area (Å²) in [6, 6.07) is 13.0. The van der Waals surface area contributed by atoms with E-state index in [4.69, 9.17) is 0 Å². The van der Waals surface area contributed by atoms with Crippen molar-refractivity contribution in [2.45, 2.75) is 18.4 Å². The van der Waals surface area contributed by atoms with Crippen molar-refractivity contribution in [1.82, 2.24) is 9.55 Å². The number of nitrogens with one attached hydrogen (secondary N) is 1. The Kier molecular flexibility index (Phi) is 4.60. The van der Waals surface area contributed by atoms with Crippen LogP contribution in [-0.2, 0) is 21.2 Å². The van der Waals surface area contributed by atoms with E-state index in [1.165, 1.54) is 16.7 Å². The Morgan fingerprint density at radius 1 is 1.12 bits per heavy atom. The maximum absolute atomic E-state index is 12.6. The molecule has 0 aliphatic heterocycles. The second kappa shape index (κ2) is 6.72. The second-order valence-corrected chi connectivity index (χ2v) is 7.87. The highest BCUT2D eigenvalue weighted by Crippen LogP contribution is 2.20. The van der Waals surface area contributed by atoms with Gasteiger partial charge in [0.1, 0.15) is 12.4 Å². The lowest BCUT2D eigenvalue weighted by Crippen LogP contribution is -2.30. The van der Waals surface area contributed by atoms with Crippen LogP contribution in [0.4, 0.5) is 5.69 Å². The van der Waals surface area contributed by atoms with Crippen molar-refractivity contribution in [2.75, 3.05) is 11.6 Å². The van der Waals surface area contributed by atoms with E-state index in [-0.39, 0.29) is 22.7 Å². The number of aryl methyl sites for hydroxylation is 1. The predicted octanol–water partition coefficient (Wildman–Crippen LogP) is 1.75. The summed E-state index contributed by atoms with van der Waals surface area (Å²) in [5.41, 5.74) is 0.424. The van der Waals surface area contributed by atoms with Crippen molar-refractivity contribution >= 4 is 32.3 Å². The molecule has 0 fully saturated rings. The van der Waals surface area contributed by atoms with Crippen LogP contribution in [0.15, 0.2) is 58.2 Å². The Morgan fingerprint density at radius 2 is 1.77 bits per heavy atom. The first-order valence-corrected chi connectivity index (χ1v) is 9.71. The van der Waals surface area contributed by atoms with Gasteiger partial charge in [0.15, 0.2) is 9.84 Å². The lowest BCUT2D eigenvalue weighted by Gasteiger charge is -2.12. The largest absolute Gasteiger partial charge is 0.323 e. The van der Waals surface area contributed by atoms with Crippen LogP contribution in [0.2, 0.25) is 0 Å². The van der Waals surface area contributed by atoms with E-state index in [1.54, 1.807) is 43.3 Å². The molecule has 3 aromatic rings. The Morgan fingerprint density at radius 3 is 2.50 bits per heavy atom. The molecular formula is C18H17N3O4S. The average molecular weight is 371 g/mol. The van der Waals surface area contributed by atoms with Crippen LogP contribution in [0.25, 0.3) is 10.9 Å². The highest BCUT2D eigenvalue weighted by Gasteiger charge is 2.16. The van der Waals surface area contributed by atoms with Crippen LogP contribution in [-0.4, -0.2) is 30.1 Å². The molecule has 3 rings (SSSR count). The Balaban J connectivity index is 1.93. The monoisotopic (exact) mass is 371 g/mol. The molecule has 26 heavy (non-hydrogen) atoms. The van der Waals surface area contributed by atoms with E-state index in [0.29, 0.717) is 16.7 Å². The molecule has 0 aliphatic carbocycles. The Bertz CT molecular complexity index is 1170. The lowest BCUT2D eigenvalue weighted by molar-refractivity contribution is -0.116. The van der Waals surface area contributed by atoms with Crippen molar-refractivity contribution in [3.63, 3.8) is 0 Å². The van der Waals surface area contributed by atoms with Crippen LogP contribution in [0.5, 0.6) is 0 Å². The van der Waals surface area contributed by atoms with E-state index in [0.717, 1.165) is 6.26 Å². The number of hydrogen-bond acceptors (Lipinski definition) is 5. The number of anilines is 1. The molecule has 0 atom stereocenters. The van der Waals surface area contributed by atoms with Gasteiger partial charge >= 0.3 is 0 Å². The minimum absolute atomic E-state index is 0.0223. The normalized spacial score (nSPS) is 11.5. The maximum atomic E-state index is 12.6. The molecule has 8 heteroatoms. The fraction of sp³-hybridized carbons (Fsp3) is 0.167. The van der Waals surface area contributed by atoms with Crippen LogP contribution in [0, 0.1) is 6.92 Å². The summed E-state index contributed by atoms with van der Waals surface area (Å²) in [4.78, 5) is 29.4. The molecule has 1 aromatic heterocycles. The number of para-hydroxylation sites is 2. The number of fused-ring (bicyclic) bond motifs is 1. The minimum atomic E-state index is -3.49. The number of amides is 1. The number of carbonyl (C=O) groups excluding carboxylic acids is 1. The van der Waals surface area contributed by atoms with Crippen molar-refractivity contribution in [3.05, 3.63) is 64.7 Å². The third-order valence-electron chi connectivity index (χ3n) is 3.91. The summed E-state index contributed by atoms with van der Waals surface area (Å²) in [7, 11) is -3.49. The fourth-order valence-corrected chi connectivity index (χ4v) is 3.54. The third kappa shape index (κ3) is 3.50. The van der Waals surface area contributed by atoms with Crippen molar-refractivity contribution in [1.29, 1.82) is 0 Å². The second-order valence-electron chi connectivity index (χ2n) is 5.88. The summed E-state index contributed by atoms with van der Waals surface area (Å²) in [5.74, 6) is -0.108. The zero-order chi connectivity index (χ0) is 18.9. The van der Waals surface area contributed by atoms with Gasteiger partial charge in [0.05, 0.1) is 21.5 Å². The first kappa shape index (κ1) is 17.8. The molecule has 0 spiro atoms. The SMILES string of the molecule is Cc1nc2ccccc2c(=O)n1CC(=O)Nc1ccccc1S(C)(=O)=O. The standard InChI is InChI=1S/C18H17N3O4S/c1-12-19-14-8-4-3-7-13(14)18(23)21(12)11-17(22)20-15-9-5-6-10-16(15)26(2,24)25/h3-10H,11H2,1-2H3,(H,20,22). The Labute approximate surface area is 150 Å². The number of aromatic nitrogens is 2. The van der Waals surface area contributed by atoms with Crippen LogP contribution < -0.4 is 10.9 Å². The van der Waals surface area contributed by atoms with Crippen LogP contribution in [0.1, 0.15) is 5.82 Å². The maximum Gasteiger partial charge on any atom is 0.261 e. The van der Waals surface area contributed by atoms with Gasteiger partial charge in [-0.1, -0.05) is 24.3 Å². The highest BCUT2D eigenvalue weighted by atomic mass is 32.2. The number of hydrogen-bond donors (Lipinski definition) is 1. The summed E-state index contributed by atoms with van der Waals surface area (Å²) in [6.45, 7) is 1.38. The minimum Gasteiger partial charge on any atom is -0.323 e. The van der Waals surface area contributed by atoms with E-state index >= 15 is 0 Å². The number of benzene rings is 2. The summed E-state index contributed by atoms with van der Waals surface area (Å²) >= 11 is 0. The van der Waals surface area contributed by atoms with Gasteiger partial charge in [0, 0.05) is 6.26 Å².